The fraction of sp³-hybridized carbons (Fsp3) is 0.143. The standard InChI is InChI=1S/C7H8FN3/c8-7-10-4-6(5-11-7)2-1-3-9/h1-2,4-5H,3,9H2. The summed E-state index contributed by atoms with van der Waals surface area (Å²) in [6.45, 7) is 0.456. The van der Waals surface area contributed by atoms with E-state index in [1.54, 1.807) is 12.2 Å². The summed E-state index contributed by atoms with van der Waals surface area (Å²) in [6.07, 6.45) is 5.56. The molecule has 0 saturated carbocycles. The number of nitrogens with zero attached hydrogens (tertiary/aromatic N) is 2. The normalized spacial score (nSPS) is 10.7. The number of nitrogens with two attached hydrogens (primary N) is 1. The molecule has 0 fully saturated rings. The Morgan fingerprint density at radius 3 is 2.64 bits per heavy atom. The Morgan fingerprint density at radius 1 is 1.45 bits per heavy atom. The number of hydrogen-bond acceptors (Lipinski definition) is 3. The zero-order valence-corrected chi connectivity index (χ0v) is 5.87. The van der Waals surface area contributed by atoms with Gasteiger partial charge in [-0.05, 0) is 0 Å². The van der Waals surface area contributed by atoms with E-state index in [1.807, 2.05) is 0 Å². The Bertz CT molecular complexity index is 242. The topological polar surface area (TPSA) is 51.8 Å². The molecule has 58 valence electrons. The predicted octanol–water partition coefficient (Wildman–Crippen LogP) is 0.588. The van der Waals surface area contributed by atoms with E-state index < -0.39 is 6.08 Å². The van der Waals surface area contributed by atoms with Gasteiger partial charge in [0.15, 0.2) is 0 Å². The summed E-state index contributed by atoms with van der Waals surface area (Å²) < 4.78 is 12.1. The van der Waals surface area contributed by atoms with E-state index in [2.05, 4.69) is 9.97 Å². The first kappa shape index (κ1) is 7.81. The lowest BCUT2D eigenvalue weighted by molar-refractivity contribution is 0.538. The van der Waals surface area contributed by atoms with Crippen molar-refractivity contribution in [3.05, 3.63) is 30.1 Å². The van der Waals surface area contributed by atoms with E-state index in [-0.39, 0.29) is 0 Å². The van der Waals surface area contributed by atoms with Gasteiger partial charge >= 0.3 is 6.08 Å². The molecule has 0 aliphatic rings. The highest BCUT2D eigenvalue weighted by Crippen LogP contribution is 1.96. The second-order valence-electron chi connectivity index (χ2n) is 1.92. The van der Waals surface area contributed by atoms with E-state index in [4.69, 9.17) is 5.73 Å². The molecule has 0 amide bonds. The van der Waals surface area contributed by atoms with Crippen molar-refractivity contribution in [2.45, 2.75) is 0 Å². The highest BCUT2D eigenvalue weighted by atomic mass is 19.1. The predicted molar refractivity (Wildman–Crippen MR) is 40.1 cm³/mol. The molecule has 0 saturated heterocycles. The summed E-state index contributed by atoms with van der Waals surface area (Å²) in [6, 6.07) is 0. The quantitative estimate of drug-likeness (QED) is 0.632. The van der Waals surface area contributed by atoms with E-state index in [0.717, 1.165) is 5.56 Å². The van der Waals surface area contributed by atoms with Gasteiger partial charge in [0.25, 0.3) is 0 Å². The second kappa shape index (κ2) is 3.78. The van der Waals surface area contributed by atoms with Crippen molar-refractivity contribution in [2.75, 3.05) is 6.54 Å². The molecule has 11 heavy (non-hydrogen) atoms. The molecule has 1 rings (SSSR count). The fourth-order valence-electron chi connectivity index (χ4n) is 0.612. The first-order chi connectivity index (χ1) is 5.33. The lowest BCUT2D eigenvalue weighted by atomic mass is 10.3. The van der Waals surface area contributed by atoms with Crippen LogP contribution in [0.4, 0.5) is 4.39 Å². The van der Waals surface area contributed by atoms with Crippen LogP contribution >= 0.6 is 0 Å². The SMILES string of the molecule is NCC=Cc1cnc(F)nc1. The summed E-state index contributed by atoms with van der Waals surface area (Å²) in [7, 11) is 0. The van der Waals surface area contributed by atoms with Gasteiger partial charge in [-0.25, -0.2) is 9.97 Å². The van der Waals surface area contributed by atoms with Gasteiger partial charge in [-0.15, -0.1) is 0 Å². The first-order valence-electron chi connectivity index (χ1n) is 3.17. The van der Waals surface area contributed by atoms with Crippen molar-refractivity contribution in [1.29, 1.82) is 0 Å². The van der Waals surface area contributed by atoms with Crippen LogP contribution in [-0.4, -0.2) is 16.5 Å². The van der Waals surface area contributed by atoms with Crippen molar-refractivity contribution in [3.8, 4) is 0 Å². The fourth-order valence-corrected chi connectivity index (χ4v) is 0.612. The third-order valence-electron chi connectivity index (χ3n) is 1.09. The van der Waals surface area contributed by atoms with Crippen LogP contribution in [0.1, 0.15) is 5.56 Å². The minimum atomic E-state index is -0.713. The highest BCUT2D eigenvalue weighted by molar-refractivity contribution is 5.46. The summed E-state index contributed by atoms with van der Waals surface area (Å²) in [4.78, 5) is 6.72. The third kappa shape index (κ3) is 2.43. The van der Waals surface area contributed by atoms with Crippen LogP contribution in [0.15, 0.2) is 18.5 Å². The number of rotatable bonds is 2. The monoisotopic (exact) mass is 153 g/mol. The maximum absolute atomic E-state index is 12.1. The summed E-state index contributed by atoms with van der Waals surface area (Å²) in [5, 5.41) is 0. The van der Waals surface area contributed by atoms with E-state index in [9.17, 15) is 4.39 Å². The maximum Gasteiger partial charge on any atom is 0.308 e. The molecule has 0 spiro atoms. The van der Waals surface area contributed by atoms with Gasteiger partial charge in [0.1, 0.15) is 0 Å². The number of aromatic nitrogens is 2. The molecule has 0 unspecified atom stereocenters. The highest BCUT2D eigenvalue weighted by Gasteiger charge is 1.89. The largest absolute Gasteiger partial charge is 0.327 e. The van der Waals surface area contributed by atoms with Crippen LogP contribution in [0.5, 0.6) is 0 Å². The Balaban J connectivity index is 2.73. The van der Waals surface area contributed by atoms with Gasteiger partial charge in [-0.1, -0.05) is 12.2 Å². The molecule has 0 bridgehead atoms. The average molecular weight is 153 g/mol. The van der Waals surface area contributed by atoms with Crippen LogP contribution in [0.2, 0.25) is 0 Å². The van der Waals surface area contributed by atoms with Crippen molar-refractivity contribution >= 4 is 6.08 Å². The second-order valence-corrected chi connectivity index (χ2v) is 1.92. The Kier molecular flexibility index (Phi) is 2.68. The molecular formula is C7H8FN3. The van der Waals surface area contributed by atoms with Crippen molar-refractivity contribution < 1.29 is 4.39 Å². The van der Waals surface area contributed by atoms with E-state index >= 15 is 0 Å². The minimum absolute atomic E-state index is 0.456. The van der Waals surface area contributed by atoms with Crippen LogP contribution in [-0.2, 0) is 0 Å². The minimum Gasteiger partial charge on any atom is -0.327 e. The van der Waals surface area contributed by atoms with E-state index in [1.165, 1.54) is 12.4 Å². The Morgan fingerprint density at radius 2 is 2.09 bits per heavy atom. The van der Waals surface area contributed by atoms with E-state index in [0.29, 0.717) is 6.54 Å². The van der Waals surface area contributed by atoms with Gasteiger partial charge in [0.05, 0.1) is 0 Å². The third-order valence-corrected chi connectivity index (χ3v) is 1.09. The molecule has 0 atom stereocenters. The summed E-state index contributed by atoms with van der Waals surface area (Å²) >= 11 is 0. The van der Waals surface area contributed by atoms with Crippen LogP contribution in [0.25, 0.3) is 6.08 Å². The van der Waals surface area contributed by atoms with Gasteiger partial charge in [-0.3, -0.25) is 0 Å². The Hall–Kier alpha value is -1.29. The first-order valence-corrected chi connectivity index (χ1v) is 3.17. The van der Waals surface area contributed by atoms with Crippen LogP contribution in [0.3, 0.4) is 0 Å². The molecule has 0 aromatic carbocycles. The molecule has 2 N–H and O–H groups in total. The number of halogens is 1. The lowest BCUT2D eigenvalue weighted by Crippen LogP contribution is -1.92. The summed E-state index contributed by atoms with van der Waals surface area (Å²) in [5.41, 5.74) is 5.95. The zero-order chi connectivity index (χ0) is 8.10. The van der Waals surface area contributed by atoms with Gasteiger partial charge in [0, 0.05) is 24.5 Å². The van der Waals surface area contributed by atoms with Crippen molar-refractivity contribution in [1.82, 2.24) is 9.97 Å². The lowest BCUT2D eigenvalue weighted by Gasteiger charge is -1.89. The molecule has 0 aliphatic heterocycles. The maximum atomic E-state index is 12.1. The molecular weight excluding hydrogens is 145 g/mol. The smallest absolute Gasteiger partial charge is 0.308 e. The molecule has 3 nitrogen and oxygen atoms in total. The van der Waals surface area contributed by atoms with Crippen molar-refractivity contribution in [2.24, 2.45) is 5.73 Å². The van der Waals surface area contributed by atoms with Gasteiger partial charge < -0.3 is 5.73 Å². The Labute approximate surface area is 63.8 Å². The molecule has 1 heterocycles. The zero-order valence-electron chi connectivity index (χ0n) is 5.87. The molecule has 1 aromatic heterocycles. The van der Waals surface area contributed by atoms with Crippen LogP contribution < -0.4 is 5.73 Å². The molecule has 4 heteroatoms. The molecule has 0 aliphatic carbocycles. The van der Waals surface area contributed by atoms with Crippen molar-refractivity contribution in [3.63, 3.8) is 0 Å². The average Bonchev–Trinajstić information content (AvgIpc) is 2.04. The van der Waals surface area contributed by atoms with Gasteiger partial charge in [-0.2, -0.15) is 4.39 Å². The molecule has 0 radical (unpaired) electrons. The molecule has 1 aromatic rings. The van der Waals surface area contributed by atoms with Gasteiger partial charge in [0.2, 0.25) is 0 Å². The van der Waals surface area contributed by atoms with Crippen LogP contribution in [0, 0.1) is 6.08 Å². The summed E-state index contributed by atoms with van der Waals surface area (Å²) in [5.74, 6) is 0. The number of hydrogen-bond donors (Lipinski definition) is 1.